The molecule has 130 valence electrons. The maximum Gasteiger partial charge on any atom is 0.242 e. The van der Waals surface area contributed by atoms with Gasteiger partial charge in [0, 0.05) is 18.3 Å². The standard InChI is InChI=1S/C20H28N2O2/c1-2-22(17-12-8-5-9-13-17)19(24)20(14-15-20)18(23)21-16-10-6-3-4-7-11-16/h5,8-9,12-13,16H,2-4,6-7,10-11,14-15H2,1H3,(H,21,23). The number of hydrogen-bond donors (Lipinski definition) is 1. The van der Waals surface area contributed by atoms with E-state index in [1.54, 1.807) is 4.90 Å². The number of benzene rings is 1. The first kappa shape index (κ1) is 17.0. The lowest BCUT2D eigenvalue weighted by molar-refractivity contribution is -0.136. The summed E-state index contributed by atoms with van der Waals surface area (Å²) in [5.41, 5.74) is 0.0524. The predicted molar refractivity (Wildman–Crippen MR) is 95.8 cm³/mol. The number of nitrogens with one attached hydrogen (secondary N) is 1. The summed E-state index contributed by atoms with van der Waals surface area (Å²) in [5, 5.41) is 3.19. The van der Waals surface area contributed by atoms with Gasteiger partial charge in [0.1, 0.15) is 5.41 Å². The van der Waals surface area contributed by atoms with Crippen molar-refractivity contribution in [1.29, 1.82) is 0 Å². The molecule has 4 nitrogen and oxygen atoms in total. The molecule has 0 bridgehead atoms. The molecule has 0 saturated heterocycles. The van der Waals surface area contributed by atoms with Crippen LogP contribution in [0.1, 0.15) is 58.3 Å². The Hall–Kier alpha value is -1.84. The normalized spacial score (nSPS) is 20.0. The summed E-state index contributed by atoms with van der Waals surface area (Å²) >= 11 is 0. The van der Waals surface area contributed by atoms with E-state index in [1.165, 1.54) is 25.7 Å². The maximum absolute atomic E-state index is 13.1. The zero-order chi connectivity index (χ0) is 17.0. The number of hydrogen-bond acceptors (Lipinski definition) is 2. The highest BCUT2D eigenvalue weighted by Crippen LogP contribution is 2.48. The fraction of sp³-hybridized carbons (Fsp3) is 0.600. The van der Waals surface area contributed by atoms with E-state index in [2.05, 4.69) is 5.32 Å². The fourth-order valence-electron chi connectivity index (χ4n) is 3.72. The molecule has 0 unspecified atom stereocenters. The van der Waals surface area contributed by atoms with Crippen molar-refractivity contribution in [3.8, 4) is 0 Å². The topological polar surface area (TPSA) is 49.4 Å². The van der Waals surface area contributed by atoms with Crippen molar-refractivity contribution in [2.24, 2.45) is 5.41 Å². The van der Waals surface area contributed by atoms with Gasteiger partial charge in [-0.3, -0.25) is 9.59 Å². The lowest BCUT2D eigenvalue weighted by atomic mass is 10.0. The molecular formula is C20H28N2O2. The van der Waals surface area contributed by atoms with E-state index < -0.39 is 5.41 Å². The van der Waals surface area contributed by atoms with Gasteiger partial charge in [-0.1, -0.05) is 43.9 Å². The molecule has 2 aliphatic carbocycles. The van der Waals surface area contributed by atoms with E-state index in [0.29, 0.717) is 19.4 Å². The minimum Gasteiger partial charge on any atom is -0.352 e. The summed E-state index contributed by atoms with van der Waals surface area (Å²) in [6.45, 7) is 2.55. The molecule has 2 saturated carbocycles. The van der Waals surface area contributed by atoms with Crippen molar-refractivity contribution in [3.05, 3.63) is 30.3 Å². The molecule has 2 aliphatic rings. The average molecular weight is 328 g/mol. The van der Waals surface area contributed by atoms with Crippen molar-refractivity contribution >= 4 is 17.5 Å². The fourth-order valence-corrected chi connectivity index (χ4v) is 3.72. The van der Waals surface area contributed by atoms with Gasteiger partial charge in [-0.05, 0) is 44.7 Å². The van der Waals surface area contributed by atoms with Gasteiger partial charge in [0.25, 0.3) is 0 Å². The molecule has 0 heterocycles. The third-order valence-corrected chi connectivity index (χ3v) is 5.41. The third kappa shape index (κ3) is 3.47. The second-order valence-corrected chi connectivity index (χ2v) is 7.13. The van der Waals surface area contributed by atoms with E-state index in [0.717, 1.165) is 18.5 Å². The van der Waals surface area contributed by atoms with Gasteiger partial charge in [0.15, 0.2) is 0 Å². The predicted octanol–water partition coefficient (Wildman–Crippen LogP) is 3.66. The summed E-state index contributed by atoms with van der Waals surface area (Å²) in [6, 6.07) is 9.90. The Morgan fingerprint density at radius 1 is 1.08 bits per heavy atom. The molecule has 0 atom stereocenters. The smallest absolute Gasteiger partial charge is 0.242 e. The lowest BCUT2D eigenvalue weighted by Gasteiger charge is -2.27. The van der Waals surface area contributed by atoms with Gasteiger partial charge in [0.05, 0.1) is 0 Å². The first-order valence-electron chi connectivity index (χ1n) is 9.35. The Morgan fingerprint density at radius 3 is 2.25 bits per heavy atom. The van der Waals surface area contributed by atoms with Gasteiger partial charge in [0.2, 0.25) is 11.8 Å². The number of anilines is 1. The van der Waals surface area contributed by atoms with Crippen LogP contribution in [-0.4, -0.2) is 24.4 Å². The van der Waals surface area contributed by atoms with Crippen molar-refractivity contribution in [2.45, 2.75) is 64.3 Å². The summed E-state index contributed by atoms with van der Waals surface area (Å²) in [7, 11) is 0. The minimum atomic E-state index is -0.821. The number of nitrogens with zero attached hydrogens (tertiary/aromatic N) is 1. The molecule has 1 aromatic carbocycles. The molecule has 3 rings (SSSR count). The summed E-state index contributed by atoms with van der Waals surface area (Å²) in [5.74, 6) is -0.0869. The zero-order valence-corrected chi connectivity index (χ0v) is 14.6. The van der Waals surface area contributed by atoms with Crippen LogP contribution in [0, 0.1) is 5.41 Å². The highest BCUT2D eigenvalue weighted by atomic mass is 16.2. The van der Waals surface area contributed by atoms with Gasteiger partial charge >= 0.3 is 0 Å². The molecule has 0 radical (unpaired) electrons. The van der Waals surface area contributed by atoms with Crippen LogP contribution in [0.4, 0.5) is 5.69 Å². The molecular weight excluding hydrogens is 300 g/mol. The first-order valence-corrected chi connectivity index (χ1v) is 9.35. The molecule has 2 amide bonds. The van der Waals surface area contributed by atoms with Gasteiger partial charge in [-0.15, -0.1) is 0 Å². The highest BCUT2D eigenvalue weighted by Gasteiger charge is 2.58. The van der Waals surface area contributed by atoms with E-state index in [-0.39, 0.29) is 17.9 Å². The zero-order valence-electron chi connectivity index (χ0n) is 14.6. The largest absolute Gasteiger partial charge is 0.352 e. The van der Waals surface area contributed by atoms with Crippen molar-refractivity contribution in [3.63, 3.8) is 0 Å². The molecule has 0 spiro atoms. The van der Waals surface area contributed by atoms with Crippen LogP contribution in [0.3, 0.4) is 0 Å². The SMILES string of the molecule is CCN(C(=O)C1(C(=O)NC2CCCCCC2)CC1)c1ccccc1. The minimum absolute atomic E-state index is 0.0395. The van der Waals surface area contributed by atoms with Crippen LogP contribution in [0.15, 0.2) is 30.3 Å². The Morgan fingerprint density at radius 2 is 1.71 bits per heavy atom. The lowest BCUT2D eigenvalue weighted by Crippen LogP contribution is -2.48. The van der Waals surface area contributed by atoms with Crippen molar-refractivity contribution < 1.29 is 9.59 Å². The van der Waals surface area contributed by atoms with Crippen LogP contribution < -0.4 is 10.2 Å². The van der Waals surface area contributed by atoms with Crippen LogP contribution in [0.5, 0.6) is 0 Å². The van der Waals surface area contributed by atoms with Crippen LogP contribution >= 0.6 is 0 Å². The quantitative estimate of drug-likeness (QED) is 0.662. The van der Waals surface area contributed by atoms with E-state index in [9.17, 15) is 9.59 Å². The van der Waals surface area contributed by atoms with Crippen LogP contribution in [0.25, 0.3) is 0 Å². The van der Waals surface area contributed by atoms with E-state index >= 15 is 0 Å². The van der Waals surface area contributed by atoms with E-state index in [4.69, 9.17) is 0 Å². The monoisotopic (exact) mass is 328 g/mol. The number of para-hydroxylation sites is 1. The van der Waals surface area contributed by atoms with Gasteiger partial charge < -0.3 is 10.2 Å². The Balaban J connectivity index is 1.69. The molecule has 24 heavy (non-hydrogen) atoms. The second-order valence-electron chi connectivity index (χ2n) is 7.13. The molecule has 4 heteroatoms. The Labute approximate surface area is 144 Å². The molecule has 2 fully saturated rings. The Bertz CT molecular complexity index is 573. The molecule has 0 aliphatic heterocycles. The van der Waals surface area contributed by atoms with Gasteiger partial charge in [-0.25, -0.2) is 0 Å². The average Bonchev–Trinajstić information content (AvgIpc) is 3.42. The summed E-state index contributed by atoms with van der Waals surface area (Å²) in [4.78, 5) is 27.7. The number of carbonyl (C=O) groups excluding carboxylic acids is 2. The number of carbonyl (C=O) groups is 2. The molecule has 1 aromatic rings. The maximum atomic E-state index is 13.1. The highest BCUT2D eigenvalue weighted by molar-refractivity contribution is 6.14. The first-order chi connectivity index (χ1) is 11.7. The van der Waals surface area contributed by atoms with Gasteiger partial charge in [-0.2, -0.15) is 0 Å². The number of rotatable bonds is 5. The summed E-state index contributed by atoms with van der Waals surface area (Å²) < 4.78 is 0. The number of amides is 2. The second kappa shape index (κ2) is 7.37. The molecule has 0 aromatic heterocycles. The third-order valence-electron chi connectivity index (χ3n) is 5.41. The van der Waals surface area contributed by atoms with Crippen LogP contribution in [-0.2, 0) is 9.59 Å². The summed E-state index contributed by atoms with van der Waals surface area (Å²) in [6.07, 6.45) is 8.32. The Kier molecular flexibility index (Phi) is 5.22. The van der Waals surface area contributed by atoms with Crippen molar-refractivity contribution in [2.75, 3.05) is 11.4 Å². The molecule has 1 N–H and O–H groups in total. The van der Waals surface area contributed by atoms with Crippen molar-refractivity contribution in [1.82, 2.24) is 5.32 Å². The van der Waals surface area contributed by atoms with Crippen LogP contribution in [0.2, 0.25) is 0 Å². The van der Waals surface area contributed by atoms with E-state index in [1.807, 2.05) is 37.3 Å².